The van der Waals surface area contributed by atoms with E-state index in [9.17, 15) is 19.2 Å². The van der Waals surface area contributed by atoms with Crippen molar-refractivity contribution >= 4 is 32.4 Å². The van der Waals surface area contributed by atoms with Gasteiger partial charge in [-0.25, -0.2) is 0 Å². The van der Waals surface area contributed by atoms with Crippen molar-refractivity contribution in [3.8, 4) is 0 Å². The molecule has 0 amide bonds. The molecule has 33 heavy (non-hydrogen) atoms. The highest BCUT2D eigenvalue weighted by atomic mass is 28.4. The Morgan fingerprint density at radius 3 is 1.12 bits per heavy atom. The summed E-state index contributed by atoms with van der Waals surface area (Å²) < 4.78 is 32.2. The minimum Gasteiger partial charge on any atom is -0.466 e. The number of esters is 4. The summed E-state index contributed by atoms with van der Waals surface area (Å²) in [6.45, 7) is 15.8. The molecule has 0 aromatic heterocycles. The second-order valence-corrected chi connectivity index (χ2v) is 14.0. The van der Waals surface area contributed by atoms with Gasteiger partial charge in [-0.05, 0) is 13.8 Å². The zero-order valence-electron chi connectivity index (χ0n) is 21.2. The van der Waals surface area contributed by atoms with Crippen LogP contribution in [0.5, 0.6) is 0 Å². The molecule has 192 valence electrons. The molecule has 0 saturated carbocycles. The fourth-order valence-electron chi connectivity index (χ4n) is 3.48. The van der Waals surface area contributed by atoms with Gasteiger partial charge in [0.15, 0.2) is 0 Å². The molecule has 0 aliphatic rings. The lowest BCUT2D eigenvalue weighted by molar-refractivity contribution is -0.156. The first-order valence-corrected chi connectivity index (χ1v) is 12.9. The van der Waals surface area contributed by atoms with Crippen LogP contribution in [0.25, 0.3) is 0 Å². The van der Waals surface area contributed by atoms with Crippen LogP contribution in [0.3, 0.4) is 0 Å². The molecule has 0 bridgehead atoms. The zero-order valence-corrected chi connectivity index (χ0v) is 22.2. The van der Waals surface area contributed by atoms with Crippen LogP contribution in [-0.2, 0) is 47.0 Å². The smallest absolute Gasteiger partial charge is 0.349 e. The quantitative estimate of drug-likeness (QED) is 0.117. The highest BCUT2D eigenvalue weighted by Gasteiger charge is 2.58. The molecule has 0 rings (SSSR count). The Morgan fingerprint density at radius 1 is 0.545 bits per heavy atom. The van der Waals surface area contributed by atoms with E-state index in [1.54, 1.807) is 13.8 Å². The molecule has 10 nitrogen and oxygen atoms in total. The Labute approximate surface area is 197 Å². The van der Waals surface area contributed by atoms with E-state index in [1.807, 2.05) is 41.5 Å². The maximum absolute atomic E-state index is 11.8. The molecule has 0 unspecified atom stereocenters. The lowest BCUT2D eigenvalue weighted by Gasteiger charge is -2.48. The Hall–Kier alpha value is -1.98. The third-order valence-electron chi connectivity index (χ3n) is 4.47. The van der Waals surface area contributed by atoms with Crippen LogP contribution in [0.4, 0.5) is 0 Å². The van der Waals surface area contributed by atoms with Gasteiger partial charge in [-0.15, -0.1) is 0 Å². The molecule has 0 heterocycles. The number of hydrogen-bond acceptors (Lipinski definition) is 10. The van der Waals surface area contributed by atoms with Gasteiger partial charge in [0.25, 0.3) is 0 Å². The molecular formula is C22H40O10Si. The number of carbonyl (C=O) groups is 4. The van der Waals surface area contributed by atoms with Crippen LogP contribution in [0.15, 0.2) is 0 Å². The zero-order chi connectivity index (χ0) is 25.7. The Morgan fingerprint density at radius 2 is 0.848 bits per heavy atom. The molecular weight excluding hydrogens is 452 g/mol. The van der Waals surface area contributed by atoms with Crippen molar-refractivity contribution in [3.63, 3.8) is 0 Å². The summed E-state index contributed by atoms with van der Waals surface area (Å²) in [7, 11) is -3.00. The normalized spacial score (nSPS) is 12.1. The lowest BCUT2D eigenvalue weighted by atomic mass is 10.2. The standard InChI is InChI=1S/C22H40O10Si/c1-9-27-17(23)15-19(25)29-11-13-31-33(21(3,4)5,22(6,7)8)32-14-12-30-20(26)16-18(24)28-10-2/h9-16H2,1-8H3. The van der Waals surface area contributed by atoms with Crippen LogP contribution in [-0.4, -0.2) is 72.1 Å². The summed E-state index contributed by atoms with van der Waals surface area (Å²) >= 11 is 0. The van der Waals surface area contributed by atoms with Gasteiger partial charge in [0, 0.05) is 10.1 Å². The largest absolute Gasteiger partial charge is 0.466 e. The van der Waals surface area contributed by atoms with E-state index in [2.05, 4.69) is 0 Å². The maximum atomic E-state index is 11.8. The van der Waals surface area contributed by atoms with Gasteiger partial charge < -0.3 is 27.8 Å². The fourth-order valence-corrected chi connectivity index (χ4v) is 8.28. The summed E-state index contributed by atoms with van der Waals surface area (Å²) in [5, 5.41) is -0.760. The van der Waals surface area contributed by atoms with Gasteiger partial charge >= 0.3 is 32.4 Å². The van der Waals surface area contributed by atoms with E-state index in [-0.39, 0.29) is 49.7 Å². The van der Waals surface area contributed by atoms with E-state index in [0.717, 1.165) is 0 Å². The summed E-state index contributed by atoms with van der Waals surface area (Å²) in [4.78, 5) is 46.2. The highest BCUT2D eigenvalue weighted by molar-refractivity contribution is 6.73. The van der Waals surface area contributed by atoms with Crippen molar-refractivity contribution in [2.24, 2.45) is 0 Å². The molecule has 0 saturated heterocycles. The SMILES string of the molecule is CCOC(=O)CC(=O)OCCO[Si](OCCOC(=O)CC(=O)OCC)(C(C)(C)C)C(C)(C)C. The van der Waals surface area contributed by atoms with E-state index < -0.39 is 45.3 Å². The lowest BCUT2D eigenvalue weighted by Crippen LogP contribution is -2.58. The molecule has 0 aromatic carbocycles. The Bertz CT molecular complexity index is 593. The van der Waals surface area contributed by atoms with Crippen molar-refractivity contribution in [1.82, 2.24) is 0 Å². The molecule has 0 aliphatic heterocycles. The maximum Gasteiger partial charge on any atom is 0.349 e. The molecule has 0 fully saturated rings. The predicted molar refractivity (Wildman–Crippen MR) is 122 cm³/mol. The van der Waals surface area contributed by atoms with Gasteiger partial charge in [-0.3, -0.25) is 19.2 Å². The number of rotatable bonds is 14. The van der Waals surface area contributed by atoms with Crippen LogP contribution in [0, 0.1) is 0 Å². The van der Waals surface area contributed by atoms with E-state index >= 15 is 0 Å². The third kappa shape index (κ3) is 11.1. The van der Waals surface area contributed by atoms with Crippen molar-refractivity contribution < 1.29 is 47.0 Å². The first-order valence-electron chi connectivity index (χ1n) is 11.1. The number of ether oxygens (including phenoxy) is 4. The molecule has 11 heteroatoms. The van der Waals surface area contributed by atoms with Crippen LogP contribution >= 0.6 is 0 Å². The molecule has 0 aliphatic carbocycles. The van der Waals surface area contributed by atoms with E-state index in [0.29, 0.717) is 0 Å². The average molecular weight is 493 g/mol. The predicted octanol–water partition coefficient (Wildman–Crippen LogP) is 3.05. The van der Waals surface area contributed by atoms with Gasteiger partial charge in [-0.1, -0.05) is 41.5 Å². The van der Waals surface area contributed by atoms with Crippen LogP contribution in [0.2, 0.25) is 10.1 Å². The monoisotopic (exact) mass is 492 g/mol. The van der Waals surface area contributed by atoms with Crippen LogP contribution in [0.1, 0.15) is 68.2 Å². The second-order valence-electron chi connectivity index (χ2n) is 9.22. The summed E-state index contributed by atoms with van der Waals surface area (Å²) in [5.41, 5.74) is 0. The third-order valence-corrected chi connectivity index (χ3v) is 9.64. The second kappa shape index (κ2) is 14.3. The van der Waals surface area contributed by atoms with E-state index in [1.165, 1.54) is 0 Å². The minimum atomic E-state index is -3.00. The van der Waals surface area contributed by atoms with Crippen molar-refractivity contribution in [2.45, 2.75) is 78.3 Å². The molecule has 0 spiro atoms. The fraction of sp³-hybridized carbons (Fsp3) is 0.818. The topological polar surface area (TPSA) is 124 Å². The molecule has 0 atom stereocenters. The first-order chi connectivity index (χ1) is 15.2. The van der Waals surface area contributed by atoms with Gasteiger partial charge in [0.05, 0.1) is 26.4 Å². The molecule has 0 radical (unpaired) electrons. The Kier molecular flexibility index (Phi) is 13.5. The van der Waals surface area contributed by atoms with Gasteiger partial charge in [0.2, 0.25) is 0 Å². The van der Waals surface area contributed by atoms with E-state index in [4.69, 9.17) is 27.8 Å². The van der Waals surface area contributed by atoms with Crippen LogP contribution < -0.4 is 0 Å². The average Bonchev–Trinajstić information content (AvgIpc) is 2.64. The van der Waals surface area contributed by atoms with Crippen molar-refractivity contribution in [2.75, 3.05) is 39.6 Å². The number of carbonyl (C=O) groups excluding carboxylic acids is 4. The molecule has 0 N–H and O–H groups in total. The highest BCUT2D eigenvalue weighted by Crippen LogP contribution is 2.52. The Balaban J connectivity index is 4.93. The first kappa shape index (κ1) is 31.0. The summed E-state index contributed by atoms with van der Waals surface area (Å²) in [5.74, 6) is -2.66. The van der Waals surface area contributed by atoms with Gasteiger partial charge in [0.1, 0.15) is 26.1 Å². The molecule has 0 aromatic rings. The number of hydrogen-bond donors (Lipinski definition) is 0. The van der Waals surface area contributed by atoms with Crippen molar-refractivity contribution in [3.05, 3.63) is 0 Å². The minimum absolute atomic E-state index is 0.0446. The summed E-state index contributed by atoms with van der Waals surface area (Å²) in [6, 6.07) is 0. The van der Waals surface area contributed by atoms with Gasteiger partial charge in [-0.2, -0.15) is 0 Å². The van der Waals surface area contributed by atoms with Crippen molar-refractivity contribution in [1.29, 1.82) is 0 Å². The summed E-state index contributed by atoms with van der Waals surface area (Å²) in [6.07, 6.45) is -0.911.